The molecular weight excluding hydrogens is 334 g/mol. The fourth-order valence-electron chi connectivity index (χ4n) is 2.82. The molecule has 3 unspecified atom stereocenters. The Morgan fingerprint density at radius 2 is 2.16 bits per heavy atom. The van der Waals surface area contributed by atoms with Crippen LogP contribution in [0.1, 0.15) is 43.7 Å². The molecule has 0 amide bonds. The Labute approximate surface area is 152 Å². The van der Waals surface area contributed by atoms with Gasteiger partial charge >= 0.3 is 0 Å². The summed E-state index contributed by atoms with van der Waals surface area (Å²) in [6.45, 7) is 4.36. The lowest BCUT2D eigenvalue weighted by molar-refractivity contribution is -0.123. The van der Waals surface area contributed by atoms with Crippen LogP contribution in [0.25, 0.3) is 0 Å². The third-order valence-corrected chi connectivity index (χ3v) is 5.15. The fraction of sp³-hybridized carbons (Fsp3) is 0.500. The Bertz CT molecular complexity index is 688. The number of nitrogens with zero attached hydrogens (tertiary/aromatic N) is 2. The van der Waals surface area contributed by atoms with Crippen molar-refractivity contribution in [3.8, 4) is 18.4 Å². The first-order valence-electron chi connectivity index (χ1n) is 8.40. The van der Waals surface area contributed by atoms with Gasteiger partial charge in [-0.15, -0.1) is 12.3 Å². The van der Waals surface area contributed by atoms with E-state index in [1.54, 1.807) is 6.07 Å². The Morgan fingerprint density at radius 3 is 2.72 bits per heavy atom. The van der Waals surface area contributed by atoms with E-state index < -0.39 is 5.41 Å². The van der Waals surface area contributed by atoms with Crippen LogP contribution in [0.5, 0.6) is 0 Å². The number of aryl methyl sites for hydroxylation is 1. The molecule has 134 valence electrons. The van der Waals surface area contributed by atoms with Gasteiger partial charge in [0.05, 0.1) is 11.6 Å². The molecule has 3 atom stereocenters. The van der Waals surface area contributed by atoms with Crippen molar-refractivity contribution in [3.63, 3.8) is 0 Å². The van der Waals surface area contributed by atoms with Crippen LogP contribution in [0.2, 0.25) is 0 Å². The van der Waals surface area contributed by atoms with E-state index in [1.165, 1.54) is 0 Å². The molecule has 0 spiro atoms. The van der Waals surface area contributed by atoms with Gasteiger partial charge in [0.2, 0.25) is 0 Å². The number of anilines is 1. The molecule has 1 saturated carbocycles. The number of Topliss-reactive ketones (excluding diaryl/α,β-unsaturated/α-hetero) is 1. The van der Waals surface area contributed by atoms with Gasteiger partial charge in [0.15, 0.2) is 0 Å². The third kappa shape index (κ3) is 6.15. The number of hydrogen-bond acceptors (Lipinski definition) is 3. The van der Waals surface area contributed by atoms with Crippen molar-refractivity contribution in [2.24, 2.45) is 5.92 Å². The van der Waals surface area contributed by atoms with E-state index in [0.717, 1.165) is 17.7 Å². The zero-order valence-electron chi connectivity index (χ0n) is 15.2. The van der Waals surface area contributed by atoms with Gasteiger partial charge in [0, 0.05) is 44.5 Å². The van der Waals surface area contributed by atoms with E-state index in [-0.39, 0.29) is 24.5 Å². The summed E-state index contributed by atoms with van der Waals surface area (Å²) in [5, 5.41) is 7.61. The predicted octanol–water partition coefficient (Wildman–Crippen LogP) is 4.24. The minimum atomic E-state index is -1.39. The highest BCUT2D eigenvalue weighted by atomic mass is 31.0. The van der Waals surface area contributed by atoms with E-state index in [0.29, 0.717) is 18.5 Å². The SMILES string of the molecule is C#CCC.Cc1ccc(C#N)cc1N(C)CC1CC(=O)CCC1(F)P. The standard InChI is InChI=1S/C16H20FN2OP.C4H6/c1-11-3-4-12(9-18)7-15(11)19(2)10-13-8-14(20)5-6-16(13,17)21;1-3-4-2/h3-4,7,13H,5-6,8,10,21H2,1-2H3;1H,4H2,2H3. The number of alkyl halides is 1. The van der Waals surface area contributed by atoms with Crippen molar-refractivity contribution >= 4 is 20.7 Å². The van der Waals surface area contributed by atoms with Crippen molar-refractivity contribution in [1.82, 2.24) is 0 Å². The van der Waals surface area contributed by atoms with Crippen LogP contribution < -0.4 is 4.90 Å². The first-order valence-corrected chi connectivity index (χ1v) is 8.97. The Hall–Kier alpha value is -1.90. The molecule has 0 aliphatic heterocycles. The Morgan fingerprint density at radius 1 is 1.52 bits per heavy atom. The molecule has 1 aromatic rings. The summed E-state index contributed by atoms with van der Waals surface area (Å²) in [5.74, 6) is 2.23. The first kappa shape index (κ1) is 21.1. The van der Waals surface area contributed by atoms with Crippen LogP contribution in [0, 0.1) is 36.5 Å². The maximum Gasteiger partial charge on any atom is 0.133 e. The van der Waals surface area contributed by atoms with Gasteiger partial charge in [-0.2, -0.15) is 5.26 Å². The summed E-state index contributed by atoms with van der Waals surface area (Å²) < 4.78 is 14.6. The van der Waals surface area contributed by atoms with Crippen LogP contribution in [0.15, 0.2) is 18.2 Å². The van der Waals surface area contributed by atoms with E-state index in [1.807, 2.05) is 37.9 Å². The monoisotopic (exact) mass is 360 g/mol. The number of nitriles is 1. The fourth-order valence-corrected chi connectivity index (χ4v) is 3.18. The van der Waals surface area contributed by atoms with Gasteiger partial charge < -0.3 is 4.90 Å². The number of rotatable bonds is 3. The largest absolute Gasteiger partial charge is 0.374 e. The van der Waals surface area contributed by atoms with Crippen molar-refractivity contribution in [2.45, 2.75) is 44.9 Å². The topological polar surface area (TPSA) is 44.1 Å². The molecule has 1 fully saturated rings. The van der Waals surface area contributed by atoms with E-state index in [4.69, 9.17) is 11.7 Å². The summed E-state index contributed by atoms with van der Waals surface area (Å²) in [6, 6.07) is 7.58. The van der Waals surface area contributed by atoms with Crippen molar-refractivity contribution < 1.29 is 9.18 Å². The highest BCUT2D eigenvalue weighted by Gasteiger charge is 2.40. The van der Waals surface area contributed by atoms with Gasteiger partial charge in [-0.25, -0.2) is 4.39 Å². The van der Waals surface area contributed by atoms with E-state index >= 15 is 0 Å². The number of terminal acetylenes is 1. The third-order valence-electron chi connectivity index (χ3n) is 4.39. The van der Waals surface area contributed by atoms with Crippen LogP contribution in [0.3, 0.4) is 0 Å². The second-order valence-electron chi connectivity index (χ2n) is 6.42. The lowest BCUT2D eigenvalue weighted by Crippen LogP contribution is -2.41. The molecule has 1 aliphatic carbocycles. The average Bonchev–Trinajstić information content (AvgIpc) is 2.59. The summed E-state index contributed by atoms with van der Waals surface area (Å²) in [6.07, 6.45) is 6.50. The maximum atomic E-state index is 14.6. The second-order valence-corrected chi connectivity index (χ2v) is 7.38. The molecule has 0 aromatic heterocycles. The normalized spacial score (nSPS) is 22.2. The second kappa shape index (κ2) is 9.55. The van der Waals surface area contributed by atoms with Crippen LogP contribution in [-0.4, -0.2) is 24.8 Å². The first-order chi connectivity index (χ1) is 11.7. The molecule has 2 rings (SSSR count). The number of benzene rings is 1. The number of carbonyl (C=O) groups is 1. The molecule has 0 saturated heterocycles. The smallest absolute Gasteiger partial charge is 0.133 e. The summed E-state index contributed by atoms with van der Waals surface area (Å²) in [4.78, 5) is 13.6. The molecular formula is C20H26FN2OP. The molecule has 0 bridgehead atoms. The summed E-state index contributed by atoms with van der Waals surface area (Å²) in [7, 11) is 4.16. The number of carbonyl (C=O) groups excluding carboxylic acids is 1. The van der Waals surface area contributed by atoms with Crippen molar-refractivity contribution in [1.29, 1.82) is 5.26 Å². The lowest BCUT2D eigenvalue weighted by Gasteiger charge is -2.37. The molecule has 0 heterocycles. The van der Waals surface area contributed by atoms with E-state index in [9.17, 15) is 9.18 Å². The zero-order chi connectivity index (χ0) is 19.0. The van der Waals surface area contributed by atoms with Crippen LogP contribution in [0.4, 0.5) is 10.1 Å². The van der Waals surface area contributed by atoms with Gasteiger partial charge in [-0.1, -0.05) is 22.2 Å². The number of halogens is 1. The molecule has 0 N–H and O–H groups in total. The number of hydrogen-bond donors (Lipinski definition) is 0. The molecule has 25 heavy (non-hydrogen) atoms. The summed E-state index contributed by atoms with van der Waals surface area (Å²) in [5.41, 5.74) is 2.53. The van der Waals surface area contributed by atoms with Crippen molar-refractivity contribution in [2.75, 3.05) is 18.5 Å². The van der Waals surface area contributed by atoms with Gasteiger partial charge in [0.25, 0.3) is 0 Å². The van der Waals surface area contributed by atoms with E-state index in [2.05, 4.69) is 21.2 Å². The minimum absolute atomic E-state index is 0.131. The van der Waals surface area contributed by atoms with Gasteiger partial charge in [0.1, 0.15) is 11.2 Å². The lowest BCUT2D eigenvalue weighted by atomic mass is 9.85. The Balaban J connectivity index is 0.000000705. The predicted molar refractivity (Wildman–Crippen MR) is 104 cm³/mol. The quantitative estimate of drug-likeness (QED) is 0.598. The summed E-state index contributed by atoms with van der Waals surface area (Å²) >= 11 is 0. The zero-order valence-corrected chi connectivity index (χ0v) is 16.3. The number of ketones is 1. The van der Waals surface area contributed by atoms with Gasteiger partial charge in [-0.05, 0) is 31.0 Å². The molecule has 1 aliphatic rings. The Kier molecular flexibility index (Phi) is 8.08. The average molecular weight is 360 g/mol. The molecule has 1 aromatic carbocycles. The highest BCUT2D eigenvalue weighted by Crippen LogP contribution is 2.41. The van der Waals surface area contributed by atoms with Crippen LogP contribution >= 0.6 is 9.24 Å². The highest BCUT2D eigenvalue weighted by molar-refractivity contribution is 7.18. The maximum absolute atomic E-state index is 14.6. The van der Waals surface area contributed by atoms with Crippen LogP contribution in [-0.2, 0) is 4.79 Å². The minimum Gasteiger partial charge on any atom is -0.374 e. The van der Waals surface area contributed by atoms with Gasteiger partial charge in [-0.3, -0.25) is 4.79 Å². The molecule has 5 heteroatoms. The molecule has 3 nitrogen and oxygen atoms in total. The van der Waals surface area contributed by atoms with Crippen molar-refractivity contribution in [3.05, 3.63) is 29.3 Å². The molecule has 0 radical (unpaired) electrons.